The van der Waals surface area contributed by atoms with Crippen molar-refractivity contribution in [3.05, 3.63) is 58.1 Å². The van der Waals surface area contributed by atoms with Gasteiger partial charge in [0, 0.05) is 28.0 Å². The predicted molar refractivity (Wildman–Crippen MR) is 91.7 cm³/mol. The molecule has 0 aliphatic heterocycles. The summed E-state index contributed by atoms with van der Waals surface area (Å²) in [5.41, 5.74) is 9.01. The van der Waals surface area contributed by atoms with E-state index >= 15 is 0 Å². The summed E-state index contributed by atoms with van der Waals surface area (Å²) in [6.07, 6.45) is 0.883. The normalized spacial score (nSPS) is 10.4. The molecule has 0 radical (unpaired) electrons. The molecule has 21 heavy (non-hydrogen) atoms. The molecule has 0 aromatic heterocycles. The van der Waals surface area contributed by atoms with Crippen molar-refractivity contribution in [2.45, 2.75) is 20.3 Å². The van der Waals surface area contributed by atoms with E-state index in [0.717, 1.165) is 22.1 Å². The minimum absolute atomic E-state index is 0.00116. The average Bonchev–Trinajstić information content (AvgIpc) is 2.46. The molecule has 0 bridgehead atoms. The highest BCUT2D eigenvalue weighted by Crippen LogP contribution is 2.23. The number of rotatable bonds is 4. The van der Waals surface area contributed by atoms with Crippen LogP contribution >= 0.6 is 15.9 Å². The topological polar surface area (TPSA) is 46.3 Å². The van der Waals surface area contributed by atoms with Gasteiger partial charge >= 0.3 is 0 Å². The van der Waals surface area contributed by atoms with E-state index < -0.39 is 0 Å². The van der Waals surface area contributed by atoms with Crippen LogP contribution in [0, 0.1) is 6.92 Å². The number of nitrogens with zero attached hydrogens (tertiary/aromatic N) is 1. The Morgan fingerprint density at radius 3 is 2.67 bits per heavy atom. The number of amides is 1. The van der Waals surface area contributed by atoms with Crippen LogP contribution in [0.1, 0.15) is 29.3 Å². The lowest BCUT2D eigenvalue weighted by atomic mass is 10.1. The second-order valence-corrected chi connectivity index (χ2v) is 5.93. The lowest BCUT2D eigenvalue weighted by Gasteiger charge is -2.23. The molecule has 0 heterocycles. The third-order valence-corrected chi connectivity index (χ3v) is 3.80. The van der Waals surface area contributed by atoms with Crippen LogP contribution < -0.4 is 10.6 Å². The molecule has 0 aliphatic carbocycles. The minimum Gasteiger partial charge on any atom is -0.399 e. The van der Waals surface area contributed by atoms with Gasteiger partial charge in [-0.25, -0.2) is 0 Å². The highest BCUT2D eigenvalue weighted by atomic mass is 79.9. The molecule has 2 aromatic rings. The Balaban J connectivity index is 2.42. The monoisotopic (exact) mass is 346 g/mol. The maximum absolute atomic E-state index is 12.9. The summed E-state index contributed by atoms with van der Waals surface area (Å²) in [7, 11) is 0. The lowest BCUT2D eigenvalue weighted by molar-refractivity contribution is 0.0986. The first-order chi connectivity index (χ1) is 10.0. The maximum atomic E-state index is 12.9. The molecule has 0 saturated carbocycles. The number of aryl methyl sites for hydroxylation is 1. The molecule has 1 amide bonds. The fourth-order valence-corrected chi connectivity index (χ4v) is 2.60. The van der Waals surface area contributed by atoms with Crippen molar-refractivity contribution >= 4 is 33.2 Å². The Morgan fingerprint density at radius 2 is 2.00 bits per heavy atom. The van der Waals surface area contributed by atoms with Crippen molar-refractivity contribution in [3.8, 4) is 0 Å². The van der Waals surface area contributed by atoms with Gasteiger partial charge in [-0.3, -0.25) is 4.79 Å². The van der Waals surface area contributed by atoms with Gasteiger partial charge in [0.1, 0.15) is 0 Å². The van der Waals surface area contributed by atoms with E-state index in [9.17, 15) is 4.79 Å². The number of hydrogen-bond acceptors (Lipinski definition) is 2. The zero-order chi connectivity index (χ0) is 15.4. The smallest absolute Gasteiger partial charge is 0.258 e. The molecular weight excluding hydrogens is 328 g/mol. The molecule has 0 spiro atoms. The van der Waals surface area contributed by atoms with Gasteiger partial charge < -0.3 is 10.6 Å². The first kappa shape index (κ1) is 15.6. The summed E-state index contributed by atoms with van der Waals surface area (Å²) in [4.78, 5) is 14.7. The summed E-state index contributed by atoms with van der Waals surface area (Å²) in [5, 5.41) is 0. The molecule has 3 nitrogen and oxygen atoms in total. The number of halogens is 1. The van der Waals surface area contributed by atoms with Crippen LogP contribution in [0.5, 0.6) is 0 Å². The van der Waals surface area contributed by atoms with Crippen LogP contribution in [0.3, 0.4) is 0 Å². The molecule has 0 fully saturated rings. The standard InChI is InChI=1S/C17H19BrN2O/c1-3-9-20(15-6-4-5-14(19)11-15)17(21)16-10-13(18)8-7-12(16)2/h4-8,10-11H,3,9,19H2,1-2H3. The molecule has 0 atom stereocenters. The van der Waals surface area contributed by atoms with Gasteiger partial charge in [0.25, 0.3) is 5.91 Å². The highest BCUT2D eigenvalue weighted by Gasteiger charge is 2.19. The van der Waals surface area contributed by atoms with Crippen molar-refractivity contribution in [2.24, 2.45) is 0 Å². The number of carbonyl (C=O) groups excluding carboxylic acids is 1. The van der Waals surface area contributed by atoms with Crippen molar-refractivity contribution in [1.82, 2.24) is 0 Å². The van der Waals surface area contributed by atoms with Crippen LogP contribution in [0.2, 0.25) is 0 Å². The third-order valence-electron chi connectivity index (χ3n) is 3.30. The van der Waals surface area contributed by atoms with E-state index in [1.165, 1.54) is 0 Å². The molecule has 110 valence electrons. The van der Waals surface area contributed by atoms with Crippen LogP contribution in [-0.2, 0) is 0 Å². The molecule has 2 rings (SSSR count). The van der Waals surface area contributed by atoms with Crippen molar-refractivity contribution in [3.63, 3.8) is 0 Å². The van der Waals surface area contributed by atoms with Crippen LogP contribution in [-0.4, -0.2) is 12.5 Å². The quantitative estimate of drug-likeness (QED) is 0.834. The minimum atomic E-state index is 0.00116. The van der Waals surface area contributed by atoms with Gasteiger partial charge in [-0.15, -0.1) is 0 Å². The summed E-state index contributed by atoms with van der Waals surface area (Å²) in [5.74, 6) is 0.00116. The van der Waals surface area contributed by atoms with E-state index in [1.54, 1.807) is 4.90 Å². The average molecular weight is 347 g/mol. The van der Waals surface area contributed by atoms with Crippen molar-refractivity contribution in [1.29, 1.82) is 0 Å². The predicted octanol–water partition coefficient (Wildman–Crippen LogP) is 4.40. The highest BCUT2D eigenvalue weighted by molar-refractivity contribution is 9.10. The van der Waals surface area contributed by atoms with Gasteiger partial charge in [0.2, 0.25) is 0 Å². The van der Waals surface area contributed by atoms with Crippen LogP contribution in [0.15, 0.2) is 46.9 Å². The lowest BCUT2D eigenvalue weighted by Crippen LogP contribution is -2.32. The Bertz CT molecular complexity index is 655. The summed E-state index contributed by atoms with van der Waals surface area (Å²) in [6, 6.07) is 13.2. The molecular formula is C17H19BrN2O. The maximum Gasteiger partial charge on any atom is 0.258 e. The van der Waals surface area contributed by atoms with Gasteiger partial charge in [0.15, 0.2) is 0 Å². The first-order valence-corrected chi connectivity index (χ1v) is 7.75. The molecule has 0 aliphatic rings. The number of anilines is 2. The number of carbonyl (C=O) groups is 1. The summed E-state index contributed by atoms with van der Waals surface area (Å²) < 4.78 is 0.903. The molecule has 0 saturated heterocycles. The second-order valence-electron chi connectivity index (χ2n) is 5.01. The number of benzene rings is 2. The number of nitrogen functional groups attached to an aromatic ring is 1. The van der Waals surface area contributed by atoms with Crippen LogP contribution in [0.4, 0.5) is 11.4 Å². The summed E-state index contributed by atoms with van der Waals surface area (Å²) >= 11 is 3.43. The first-order valence-electron chi connectivity index (χ1n) is 6.96. The second kappa shape index (κ2) is 6.76. The van der Waals surface area contributed by atoms with Gasteiger partial charge in [-0.05, 0) is 49.2 Å². The van der Waals surface area contributed by atoms with E-state index in [2.05, 4.69) is 22.9 Å². The fourth-order valence-electron chi connectivity index (χ4n) is 2.23. The zero-order valence-electron chi connectivity index (χ0n) is 12.3. The Hall–Kier alpha value is -1.81. The van der Waals surface area contributed by atoms with Gasteiger partial charge in [-0.2, -0.15) is 0 Å². The van der Waals surface area contributed by atoms with E-state index in [1.807, 2.05) is 49.4 Å². The summed E-state index contributed by atoms with van der Waals surface area (Å²) in [6.45, 7) is 4.66. The van der Waals surface area contributed by atoms with Gasteiger partial charge in [0.05, 0.1) is 0 Å². The Labute approximate surface area is 133 Å². The molecule has 2 aromatic carbocycles. The zero-order valence-corrected chi connectivity index (χ0v) is 13.9. The molecule has 2 N–H and O–H groups in total. The Kier molecular flexibility index (Phi) is 5.02. The fraction of sp³-hybridized carbons (Fsp3) is 0.235. The molecule has 0 unspecified atom stereocenters. The van der Waals surface area contributed by atoms with Crippen molar-refractivity contribution in [2.75, 3.05) is 17.2 Å². The van der Waals surface area contributed by atoms with E-state index in [-0.39, 0.29) is 5.91 Å². The number of nitrogens with two attached hydrogens (primary N) is 1. The molecule has 4 heteroatoms. The Morgan fingerprint density at radius 1 is 1.24 bits per heavy atom. The number of hydrogen-bond donors (Lipinski definition) is 1. The van der Waals surface area contributed by atoms with Gasteiger partial charge in [-0.1, -0.05) is 35.0 Å². The SMILES string of the molecule is CCCN(C(=O)c1cc(Br)ccc1C)c1cccc(N)c1. The van der Waals surface area contributed by atoms with E-state index in [0.29, 0.717) is 17.8 Å². The third kappa shape index (κ3) is 3.64. The van der Waals surface area contributed by atoms with Crippen molar-refractivity contribution < 1.29 is 4.79 Å². The largest absolute Gasteiger partial charge is 0.399 e. The van der Waals surface area contributed by atoms with Crippen LogP contribution in [0.25, 0.3) is 0 Å². The van der Waals surface area contributed by atoms with E-state index in [4.69, 9.17) is 5.73 Å².